The quantitative estimate of drug-likeness (QED) is 0.772. The number of likely N-dealkylation sites (tertiary alicyclic amines) is 1. The first kappa shape index (κ1) is 23.2. The van der Waals surface area contributed by atoms with Crippen molar-refractivity contribution in [1.29, 1.82) is 0 Å². The van der Waals surface area contributed by atoms with Crippen molar-refractivity contribution in [3.05, 3.63) is 28.3 Å². The Kier molecular flexibility index (Phi) is 7.25. The molecule has 0 bridgehead atoms. The molecule has 7 heteroatoms. The maximum absolute atomic E-state index is 13.4. The molecule has 0 atom stereocenters. The lowest BCUT2D eigenvalue weighted by Crippen LogP contribution is -2.48. The molecule has 0 unspecified atom stereocenters. The van der Waals surface area contributed by atoms with Crippen LogP contribution in [0.4, 0.5) is 0 Å². The summed E-state index contributed by atoms with van der Waals surface area (Å²) in [6, 6.07) is 2.30. The van der Waals surface area contributed by atoms with Crippen LogP contribution in [-0.4, -0.2) is 62.3 Å². The summed E-state index contributed by atoms with van der Waals surface area (Å²) < 4.78 is 28.4. The molecule has 2 aliphatic rings. The van der Waals surface area contributed by atoms with E-state index in [2.05, 4.69) is 17.1 Å². The van der Waals surface area contributed by atoms with E-state index in [1.165, 1.54) is 0 Å². The average Bonchev–Trinajstić information content (AvgIpc) is 2.73. The van der Waals surface area contributed by atoms with Gasteiger partial charge in [-0.2, -0.15) is 4.31 Å². The third-order valence-electron chi connectivity index (χ3n) is 7.10. The highest BCUT2D eigenvalue weighted by atomic mass is 32.2. The van der Waals surface area contributed by atoms with Crippen molar-refractivity contribution in [2.75, 3.05) is 32.7 Å². The molecule has 168 valence electrons. The molecular formula is C23H37N3O3S. The summed E-state index contributed by atoms with van der Waals surface area (Å²) in [5.41, 5.74) is 3.66. The number of benzene rings is 1. The van der Waals surface area contributed by atoms with E-state index in [1.807, 2.05) is 33.8 Å². The topological polar surface area (TPSA) is 69.7 Å². The zero-order valence-corrected chi connectivity index (χ0v) is 19.9. The number of sulfonamides is 1. The van der Waals surface area contributed by atoms with Gasteiger partial charge in [0.25, 0.3) is 0 Å². The first-order valence-electron chi connectivity index (χ1n) is 11.3. The third kappa shape index (κ3) is 4.73. The van der Waals surface area contributed by atoms with Crippen LogP contribution in [0.25, 0.3) is 0 Å². The number of nitrogens with zero attached hydrogens (tertiary/aromatic N) is 2. The van der Waals surface area contributed by atoms with Crippen molar-refractivity contribution < 1.29 is 13.2 Å². The molecule has 1 N–H and O–H groups in total. The Bertz CT molecular complexity index is 855. The van der Waals surface area contributed by atoms with Gasteiger partial charge in [0.1, 0.15) is 0 Å². The smallest absolute Gasteiger partial charge is 0.243 e. The Morgan fingerprint density at radius 2 is 1.50 bits per heavy atom. The largest absolute Gasteiger partial charge is 0.353 e. The number of carbonyl (C=O) groups is 1. The summed E-state index contributed by atoms with van der Waals surface area (Å²) in [5.74, 6) is 0.00264. The fraction of sp³-hybridized carbons (Fsp3) is 0.696. The van der Waals surface area contributed by atoms with Crippen molar-refractivity contribution in [1.82, 2.24) is 14.5 Å². The highest BCUT2D eigenvalue weighted by Gasteiger charge is 2.35. The molecule has 0 saturated carbocycles. The van der Waals surface area contributed by atoms with Crippen LogP contribution in [0, 0.1) is 33.6 Å². The van der Waals surface area contributed by atoms with E-state index in [0.29, 0.717) is 30.8 Å². The van der Waals surface area contributed by atoms with Gasteiger partial charge in [-0.05, 0) is 82.2 Å². The fourth-order valence-corrected chi connectivity index (χ4v) is 6.81. The van der Waals surface area contributed by atoms with Crippen LogP contribution in [0.2, 0.25) is 0 Å². The van der Waals surface area contributed by atoms with E-state index in [9.17, 15) is 13.2 Å². The van der Waals surface area contributed by atoms with Crippen LogP contribution in [0.5, 0.6) is 0 Å². The predicted molar refractivity (Wildman–Crippen MR) is 120 cm³/mol. The van der Waals surface area contributed by atoms with Crippen molar-refractivity contribution in [2.24, 2.45) is 5.92 Å². The van der Waals surface area contributed by atoms with E-state index in [-0.39, 0.29) is 17.9 Å². The highest BCUT2D eigenvalue weighted by Crippen LogP contribution is 2.31. The maximum Gasteiger partial charge on any atom is 0.243 e. The van der Waals surface area contributed by atoms with Crippen molar-refractivity contribution in [3.63, 3.8) is 0 Å². The Hall–Kier alpha value is -1.44. The number of carbonyl (C=O) groups excluding carboxylic acids is 1. The first-order chi connectivity index (χ1) is 14.1. The minimum absolute atomic E-state index is 0.0953. The number of piperidine rings is 2. The van der Waals surface area contributed by atoms with E-state index in [4.69, 9.17) is 0 Å². The van der Waals surface area contributed by atoms with Gasteiger partial charge < -0.3 is 10.2 Å². The molecule has 1 aromatic carbocycles. The van der Waals surface area contributed by atoms with Crippen LogP contribution >= 0.6 is 0 Å². The molecule has 0 radical (unpaired) electrons. The van der Waals surface area contributed by atoms with Gasteiger partial charge in [-0.15, -0.1) is 0 Å². The molecule has 2 aliphatic heterocycles. The Morgan fingerprint density at radius 3 is 2.00 bits per heavy atom. The Morgan fingerprint density at radius 1 is 0.967 bits per heavy atom. The van der Waals surface area contributed by atoms with Crippen LogP contribution in [0.3, 0.4) is 0 Å². The minimum Gasteiger partial charge on any atom is -0.353 e. The number of aryl methyl sites for hydroxylation is 2. The molecule has 2 saturated heterocycles. The van der Waals surface area contributed by atoms with Gasteiger partial charge in [0, 0.05) is 38.1 Å². The number of rotatable bonds is 5. The van der Waals surface area contributed by atoms with Crippen LogP contribution in [-0.2, 0) is 14.8 Å². The van der Waals surface area contributed by atoms with Gasteiger partial charge >= 0.3 is 0 Å². The molecule has 2 heterocycles. The van der Waals surface area contributed by atoms with Gasteiger partial charge in [0.15, 0.2) is 0 Å². The fourth-order valence-electron chi connectivity index (χ4n) is 4.77. The summed E-state index contributed by atoms with van der Waals surface area (Å²) in [6.45, 7) is 13.8. The molecule has 0 spiro atoms. The first-order valence-corrected chi connectivity index (χ1v) is 12.7. The van der Waals surface area contributed by atoms with Gasteiger partial charge in [-0.25, -0.2) is 8.42 Å². The van der Waals surface area contributed by atoms with Gasteiger partial charge in [0.2, 0.25) is 15.9 Å². The molecule has 0 aliphatic carbocycles. The summed E-state index contributed by atoms with van der Waals surface area (Å²) in [6.07, 6.45) is 3.17. The molecule has 30 heavy (non-hydrogen) atoms. The predicted octanol–water partition coefficient (Wildman–Crippen LogP) is 2.92. The van der Waals surface area contributed by atoms with Crippen LogP contribution in [0.15, 0.2) is 11.0 Å². The van der Waals surface area contributed by atoms with Crippen LogP contribution < -0.4 is 5.32 Å². The second kappa shape index (κ2) is 9.37. The summed E-state index contributed by atoms with van der Waals surface area (Å²) in [7, 11) is -3.56. The van der Waals surface area contributed by atoms with Gasteiger partial charge in [0.05, 0.1) is 4.90 Å². The lowest BCUT2D eigenvalue weighted by atomic mass is 9.96. The van der Waals surface area contributed by atoms with Gasteiger partial charge in [-0.3, -0.25) is 4.79 Å². The summed E-state index contributed by atoms with van der Waals surface area (Å²) in [4.78, 5) is 15.6. The standard InChI is InChI=1S/C23H37N3O3S/c1-6-25-11-9-21(10-12-25)24-23(27)20-7-13-26(14-8-20)30(28,29)22-18(4)16(2)15-17(3)19(22)5/h15,20-21H,6-14H2,1-5H3,(H,24,27). The van der Waals surface area contributed by atoms with E-state index in [1.54, 1.807) is 4.31 Å². The number of hydrogen-bond acceptors (Lipinski definition) is 4. The zero-order chi connectivity index (χ0) is 22.1. The molecule has 2 fully saturated rings. The second-order valence-electron chi connectivity index (χ2n) is 8.98. The van der Waals surface area contributed by atoms with Crippen molar-refractivity contribution in [3.8, 4) is 0 Å². The molecular weight excluding hydrogens is 398 g/mol. The Balaban J connectivity index is 1.62. The lowest BCUT2D eigenvalue weighted by Gasteiger charge is -2.34. The van der Waals surface area contributed by atoms with Gasteiger partial charge in [-0.1, -0.05) is 13.0 Å². The molecule has 0 aromatic heterocycles. The minimum atomic E-state index is -3.56. The van der Waals surface area contributed by atoms with E-state index < -0.39 is 10.0 Å². The number of amides is 1. The maximum atomic E-state index is 13.4. The number of hydrogen-bond donors (Lipinski definition) is 1. The summed E-state index contributed by atoms with van der Waals surface area (Å²) in [5, 5.41) is 3.22. The molecule has 1 aromatic rings. The van der Waals surface area contributed by atoms with Crippen molar-refractivity contribution in [2.45, 2.75) is 71.2 Å². The molecule has 3 rings (SSSR count). The average molecular weight is 436 g/mol. The second-order valence-corrected chi connectivity index (χ2v) is 10.9. The molecule has 1 amide bonds. The van der Waals surface area contributed by atoms with E-state index >= 15 is 0 Å². The third-order valence-corrected chi connectivity index (χ3v) is 9.27. The highest BCUT2D eigenvalue weighted by molar-refractivity contribution is 7.89. The lowest BCUT2D eigenvalue weighted by molar-refractivity contribution is -0.127. The zero-order valence-electron chi connectivity index (χ0n) is 19.1. The summed E-state index contributed by atoms with van der Waals surface area (Å²) >= 11 is 0. The SMILES string of the molecule is CCN1CCC(NC(=O)C2CCN(S(=O)(=O)c3c(C)c(C)cc(C)c3C)CC2)CC1. The molecule has 6 nitrogen and oxygen atoms in total. The number of nitrogens with one attached hydrogen (secondary N) is 1. The van der Waals surface area contributed by atoms with E-state index in [0.717, 1.165) is 54.7 Å². The van der Waals surface area contributed by atoms with Crippen molar-refractivity contribution >= 4 is 15.9 Å². The normalized spacial score (nSPS) is 20.4. The van der Waals surface area contributed by atoms with Crippen LogP contribution in [0.1, 0.15) is 54.9 Å². The Labute approximate surface area is 182 Å². The monoisotopic (exact) mass is 435 g/mol.